The van der Waals surface area contributed by atoms with Gasteiger partial charge in [-0.25, -0.2) is 0 Å². The van der Waals surface area contributed by atoms with Crippen molar-refractivity contribution in [1.82, 2.24) is 10.3 Å². The first-order valence-electron chi connectivity index (χ1n) is 7.44. The van der Waals surface area contributed by atoms with Crippen molar-refractivity contribution < 1.29 is 0 Å². The molecule has 2 heterocycles. The summed E-state index contributed by atoms with van der Waals surface area (Å²) in [5.41, 5.74) is 2.80. The lowest BCUT2D eigenvalue weighted by molar-refractivity contribution is 0.523. The van der Waals surface area contributed by atoms with Crippen LogP contribution in [0.25, 0.3) is 10.1 Å². The van der Waals surface area contributed by atoms with Crippen LogP contribution in [0.1, 0.15) is 18.1 Å². The first-order chi connectivity index (χ1) is 10.4. The maximum atomic E-state index is 4.10. The number of nitrogens with one attached hydrogen (secondary N) is 1. The van der Waals surface area contributed by atoms with Crippen molar-refractivity contribution in [3.05, 3.63) is 65.3 Å². The van der Waals surface area contributed by atoms with Gasteiger partial charge in [0.25, 0.3) is 0 Å². The molecule has 0 aliphatic carbocycles. The van der Waals surface area contributed by atoms with Gasteiger partial charge >= 0.3 is 0 Å². The molecule has 21 heavy (non-hydrogen) atoms. The van der Waals surface area contributed by atoms with Crippen molar-refractivity contribution in [2.45, 2.75) is 25.8 Å². The summed E-state index contributed by atoms with van der Waals surface area (Å²) in [4.78, 5) is 4.10. The second-order valence-electron chi connectivity index (χ2n) is 5.28. The number of rotatable bonds is 6. The summed E-state index contributed by atoms with van der Waals surface area (Å²) in [5, 5.41) is 7.33. The van der Waals surface area contributed by atoms with Gasteiger partial charge in [-0.3, -0.25) is 4.98 Å². The molecule has 1 aromatic carbocycles. The van der Waals surface area contributed by atoms with E-state index < -0.39 is 0 Å². The van der Waals surface area contributed by atoms with Crippen molar-refractivity contribution in [3.63, 3.8) is 0 Å². The zero-order valence-electron chi connectivity index (χ0n) is 12.3. The van der Waals surface area contributed by atoms with Crippen LogP contribution < -0.4 is 5.32 Å². The van der Waals surface area contributed by atoms with E-state index in [1.54, 1.807) is 0 Å². The third-order valence-electron chi connectivity index (χ3n) is 3.75. The van der Waals surface area contributed by atoms with Crippen LogP contribution in [0.15, 0.2) is 54.2 Å². The van der Waals surface area contributed by atoms with Gasteiger partial charge in [-0.05, 0) is 59.5 Å². The average Bonchev–Trinajstić information content (AvgIpc) is 2.92. The second-order valence-corrected chi connectivity index (χ2v) is 6.19. The summed E-state index contributed by atoms with van der Waals surface area (Å²) in [6.45, 7) is 3.17. The van der Waals surface area contributed by atoms with E-state index in [2.05, 4.69) is 59.0 Å². The first-order valence-corrected chi connectivity index (χ1v) is 8.32. The highest BCUT2D eigenvalue weighted by molar-refractivity contribution is 7.17. The van der Waals surface area contributed by atoms with Gasteiger partial charge in [-0.15, -0.1) is 11.3 Å². The van der Waals surface area contributed by atoms with Crippen LogP contribution in [0, 0.1) is 0 Å². The van der Waals surface area contributed by atoms with E-state index >= 15 is 0 Å². The summed E-state index contributed by atoms with van der Waals surface area (Å²) in [6.07, 6.45) is 5.86. The van der Waals surface area contributed by atoms with Gasteiger partial charge in [-0.1, -0.05) is 25.1 Å². The summed E-state index contributed by atoms with van der Waals surface area (Å²) < 4.78 is 1.38. The van der Waals surface area contributed by atoms with E-state index in [0.717, 1.165) is 19.4 Å². The minimum Gasteiger partial charge on any atom is -0.314 e. The number of fused-ring (bicyclic) bond motifs is 1. The van der Waals surface area contributed by atoms with Crippen molar-refractivity contribution in [2.24, 2.45) is 0 Å². The molecule has 1 unspecified atom stereocenters. The standard InChI is InChI=1S/C18H20N2S/c1-2-20-16(11-14-7-9-19-10-8-14)12-15-13-21-18-6-4-3-5-17(15)18/h3-10,13,16,20H,2,11-12H2,1H3. The zero-order chi connectivity index (χ0) is 14.5. The smallest absolute Gasteiger partial charge is 0.0345 e. The number of likely N-dealkylation sites (N-methyl/N-ethyl adjacent to an activating group) is 1. The van der Waals surface area contributed by atoms with Crippen LogP contribution in [0.5, 0.6) is 0 Å². The maximum absolute atomic E-state index is 4.10. The van der Waals surface area contributed by atoms with Gasteiger partial charge in [0.2, 0.25) is 0 Å². The molecule has 0 fully saturated rings. The normalized spacial score (nSPS) is 12.6. The number of aromatic nitrogens is 1. The van der Waals surface area contributed by atoms with E-state index in [1.807, 2.05) is 23.7 Å². The number of thiophene rings is 1. The molecule has 0 amide bonds. The fourth-order valence-electron chi connectivity index (χ4n) is 2.76. The Kier molecular flexibility index (Phi) is 4.63. The van der Waals surface area contributed by atoms with Crippen LogP contribution in [0.4, 0.5) is 0 Å². The van der Waals surface area contributed by atoms with Crippen molar-refractivity contribution in [3.8, 4) is 0 Å². The van der Waals surface area contributed by atoms with Crippen molar-refractivity contribution in [1.29, 1.82) is 0 Å². The maximum Gasteiger partial charge on any atom is 0.0345 e. The summed E-state index contributed by atoms with van der Waals surface area (Å²) >= 11 is 1.84. The Morgan fingerprint density at radius 2 is 1.90 bits per heavy atom. The second kappa shape index (κ2) is 6.83. The minimum absolute atomic E-state index is 0.468. The molecular formula is C18H20N2S. The predicted octanol–water partition coefficient (Wildman–Crippen LogP) is 4.06. The first kappa shape index (κ1) is 14.2. The molecule has 1 N–H and O–H groups in total. The molecule has 0 spiro atoms. The van der Waals surface area contributed by atoms with Gasteiger partial charge in [0.15, 0.2) is 0 Å². The highest BCUT2D eigenvalue weighted by Gasteiger charge is 2.12. The van der Waals surface area contributed by atoms with E-state index in [4.69, 9.17) is 0 Å². The van der Waals surface area contributed by atoms with E-state index in [9.17, 15) is 0 Å². The molecule has 0 bridgehead atoms. The Morgan fingerprint density at radius 1 is 1.10 bits per heavy atom. The Morgan fingerprint density at radius 3 is 2.71 bits per heavy atom. The van der Waals surface area contributed by atoms with Gasteiger partial charge in [0, 0.05) is 23.1 Å². The number of pyridine rings is 1. The molecule has 3 heteroatoms. The lowest BCUT2D eigenvalue weighted by atomic mass is 9.99. The summed E-state index contributed by atoms with van der Waals surface area (Å²) in [6, 6.07) is 13.4. The molecule has 0 saturated heterocycles. The van der Waals surface area contributed by atoms with E-state index in [0.29, 0.717) is 6.04 Å². The molecule has 0 saturated carbocycles. The van der Waals surface area contributed by atoms with Crippen LogP contribution in [0.2, 0.25) is 0 Å². The van der Waals surface area contributed by atoms with Gasteiger partial charge in [0.1, 0.15) is 0 Å². The quantitative estimate of drug-likeness (QED) is 0.742. The Labute approximate surface area is 129 Å². The summed E-state index contributed by atoms with van der Waals surface area (Å²) in [5.74, 6) is 0. The number of nitrogens with zero attached hydrogens (tertiary/aromatic N) is 1. The highest BCUT2D eigenvalue weighted by atomic mass is 32.1. The van der Waals surface area contributed by atoms with Crippen LogP contribution in [0.3, 0.4) is 0 Å². The van der Waals surface area contributed by atoms with Gasteiger partial charge in [-0.2, -0.15) is 0 Å². The van der Waals surface area contributed by atoms with Crippen LogP contribution in [-0.4, -0.2) is 17.6 Å². The predicted molar refractivity (Wildman–Crippen MR) is 90.9 cm³/mol. The molecule has 0 aliphatic rings. The number of hydrogen-bond donors (Lipinski definition) is 1. The number of hydrogen-bond acceptors (Lipinski definition) is 3. The molecule has 2 aromatic heterocycles. The molecular weight excluding hydrogens is 276 g/mol. The topological polar surface area (TPSA) is 24.9 Å². The molecule has 108 valence electrons. The Bertz CT molecular complexity index is 691. The molecule has 0 aliphatic heterocycles. The molecule has 0 radical (unpaired) electrons. The average molecular weight is 296 g/mol. The van der Waals surface area contributed by atoms with E-state index in [-0.39, 0.29) is 0 Å². The molecule has 1 atom stereocenters. The molecule has 3 rings (SSSR count). The monoisotopic (exact) mass is 296 g/mol. The molecule has 3 aromatic rings. The van der Waals surface area contributed by atoms with Crippen molar-refractivity contribution >= 4 is 21.4 Å². The molecule has 2 nitrogen and oxygen atoms in total. The third kappa shape index (κ3) is 3.49. The highest BCUT2D eigenvalue weighted by Crippen LogP contribution is 2.27. The Hall–Kier alpha value is -1.71. The van der Waals surface area contributed by atoms with Crippen molar-refractivity contribution in [2.75, 3.05) is 6.54 Å². The minimum atomic E-state index is 0.468. The zero-order valence-corrected chi connectivity index (χ0v) is 13.1. The fraction of sp³-hybridized carbons (Fsp3) is 0.278. The lowest BCUT2D eigenvalue weighted by Gasteiger charge is -2.17. The SMILES string of the molecule is CCNC(Cc1ccncc1)Cc1csc2ccccc12. The largest absolute Gasteiger partial charge is 0.314 e. The lowest BCUT2D eigenvalue weighted by Crippen LogP contribution is -2.33. The third-order valence-corrected chi connectivity index (χ3v) is 4.76. The fourth-order valence-corrected chi connectivity index (χ4v) is 3.74. The summed E-state index contributed by atoms with van der Waals surface area (Å²) in [7, 11) is 0. The van der Waals surface area contributed by atoms with E-state index in [1.165, 1.54) is 21.2 Å². The van der Waals surface area contributed by atoms with Crippen LogP contribution in [-0.2, 0) is 12.8 Å². The van der Waals surface area contributed by atoms with Gasteiger partial charge in [0.05, 0.1) is 0 Å². The van der Waals surface area contributed by atoms with Crippen LogP contribution >= 0.6 is 11.3 Å². The number of benzene rings is 1. The Balaban J connectivity index is 1.78. The van der Waals surface area contributed by atoms with Gasteiger partial charge < -0.3 is 5.32 Å².